The molecule has 9 heavy (non-hydrogen) atoms. The number of nitrogens with one attached hydrogen (secondary N) is 1. The van der Waals surface area contributed by atoms with Gasteiger partial charge in [0.15, 0.2) is 0 Å². The molecule has 0 saturated carbocycles. The summed E-state index contributed by atoms with van der Waals surface area (Å²) in [4.78, 5) is 0. The smallest absolute Gasteiger partial charge is 0.0255 e. The van der Waals surface area contributed by atoms with Gasteiger partial charge in [0, 0.05) is 25.7 Å². The summed E-state index contributed by atoms with van der Waals surface area (Å²) in [5.41, 5.74) is 8.89. The number of rotatable bonds is 0. The molecular weight excluding hydrogens is 114 g/mol. The summed E-state index contributed by atoms with van der Waals surface area (Å²) in [6.07, 6.45) is 1.10. The Labute approximate surface area is 56.2 Å². The molecule has 2 unspecified atom stereocenters. The van der Waals surface area contributed by atoms with Gasteiger partial charge in [-0.15, -0.1) is 0 Å². The Balaban J connectivity index is 2.35. The van der Waals surface area contributed by atoms with Crippen LogP contribution in [-0.4, -0.2) is 30.7 Å². The minimum atomic E-state index is 0.344. The first kappa shape index (κ1) is 6.99. The van der Waals surface area contributed by atoms with E-state index in [-0.39, 0.29) is 0 Å². The van der Waals surface area contributed by atoms with Crippen LogP contribution in [0.5, 0.6) is 0 Å². The van der Waals surface area contributed by atoms with E-state index < -0.39 is 0 Å². The molecule has 0 radical (unpaired) electrons. The van der Waals surface area contributed by atoms with Crippen LogP contribution in [0.2, 0.25) is 0 Å². The summed E-state index contributed by atoms with van der Waals surface area (Å²) in [7, 11) is 2.05. The van der Waals surface area contributed by atoms with Gasteiger partial charge in [-0.1, -0.05) is 0 Å². The molecule has 0 spiro atoms. The lowest BCUT2D eigenvalue weighted by Crippen LogP contribution is -2.54. The van der Waals surface area contributed by atoms with Crippen LogP contribution in [0.15, 0.2) is 0 Å². The Hall–Kier alpha value is -0.120. The maximum absolute atomic E-state index is 5.70. The molecule has 0 aliphatic carbocycles. The fraction of sp³-hybridized carbons (Fsp3) is 1.00. The van der Waals surface area contributed by atoms with Crippen molar-refractivity contribution in [2.75, 3.05) is 13.6 Å². The molecular formula is C6H15N3. The molecule has 3 nitrogen and oxygen atoms in total. The normalized spacial score (nSPS) is 39.0. The van der Waals surface area contributed by atoms with Crippen molar-refractivity contribution in [2.24, 2.45) is 5.73 Å². The molecule has 0 aromatic rings. The van der Waals surface area contributed by atoms with Gasteiger partial charge in [0.2, 0.25) is 0 Å². The fourth-order valence-corrected chi connectivity index (χ4v) is 1.10. The first-order chi connectivity index (χ1) is 4.20. The van der Waals surface area contributed by atoms with Crippen molar-refractivity contribution in [3.05, 3.63) is 0 Å². The van der Waals surface area contributed by atoms with Crippen LogP contribution in [0, 0.1) is 0 Å². The van der Waals surface area contributed by atoms with E-state index >= 15 is 0 Å². The average molecular weight is 129 g/mol. The number of nitrogens with two attached hydrogens (primary N) is 1. The molecule has 1 rings (SSSR count). The molecule has 1 heterocycles. The molecule has 1 aliphatic heterocycles. The van der Waals surface area contributed by atoms with E-state index in [1.807, 2.05) is 0 Å². The third-order valence-electron chi connectivity index (χ3n) is 1.91. The van der Waals surface area contributed by atoms with Crippen molar-refractivity contribution in [1.82, 2.24) is 10.4 Å². The highest BCUT2D eigenvalue weighted by Gasteiger charge is 2.18. The second-order valence-corrected chi connectivity index (χ2v) is 2.82. The van der Waals surface area contributed by atoms with E-state index in [1.165, 1.54) is 0 Å². The van der Waals surface area contributed by atoms with Gasteiger partial charge in [-0.3, -0.25) is 5.43 Å². The maximum Gasteiger partial charge on any atom is 0.0255 e. The Bertz CT molecular complexity index is 94.3. The molecule has 0 aromatic heterocycles. The maximum atomic E-state index is 5.70. The van der Waals surface area contributed by atoms with Gasteiger partial charge in [0.25, 0.3) is 0 Å². The van der Waals surface area contributed by atoms with Crippen LogP contribution in [-0.2, 0) is 0 Å². The zero-order valence-electron chi connectivity index (χ0n) is 6.09. The molecule has 0 aromatic carbocycles. The molecule has 3 heteroatoms. The Morgan fingerprint density at radius 3 is 2.78 bits per heavy atom. The minimum absolute atomic E-state index is 0.344. The van der Waals surface area contributed by atoms with Crippen molar-refractivity contribution in [3.63, 3.8) is 0 Å². The molecule has 0 bridgehead atoms. The molecule has 54 valence electrons. The lowest BCUT2D eigenvalue weighted by molar-refractivity contribution is 0.118. The zero-order chi connectivity index (χ0) is 6.85. The highest BCUT2D eigenvalue weighted by molar-refractivity contribution is 4.76. The topological polar surface area (TPSA) is 41.3 Å². The predicted octanol–water partition coefficient (Wildman–Crippen LogP) is -0.458. The van der Waals surface area contributed by atoms with Gasteiger partial charge in [-0.2, -0.15) is 0 Å². The molecule has 2 atom stereocenters. The molecule has 0 amide bonds. The van der Waals surface area contributed by atoms with Crippen molar-refractivity contribution in [1.29, 1.82) is 0 Å². The Kier molecular flexibility index (Phi) is 2.05. The van der Waals surface area contributed by atoms with Gasteiger partial charge in [-0.25, -0.2) is 5.01 Å². The fourth-order valence-electron chi connectivity index (χ4n) is 1.10. The van der Waals surface area contributed by atoms with Crippen LogP contribution >= 0.6 is 0 Å². The van der Waals surface area contributed by atoms with Gasteiger partial charge < -0.3 is 5.73 Å². The highest BCUT2D eigenvalue weighted by atomic mass is 15.5. The van der Waals surface area contributed by atoms with E-state index in [1.54, 1.807) is 0 Å². The second kappa shape index (κ2) is 2.64. The lowest BCUT2D eigenvalue weighted by Gasteiger charge is -2.33. The van der Waals surface area contributed by atoms with Crippen molar-refractivity contribution < 1.29 is 0 Å². The Morgan fingerprint density at radius 1 is 1.67 bits per heavy atom. The number of hydrogen-bond acceptors (Lipinski definition) is 3. The lowest BCUT2D eigenvalue weighted by atomic mass is 10.1. The van der Waals surface area contributed by atoms with E-state index in [4.69, 9.17) is 5.73 Å². The summed E-state index contributed by atoms with van der Waals surface area (Å²) in [6, 6.07) is 0.921. The Morgan fingerprint density at radius 2 is 2.33 bits per heavy atom. The van der Waals surface area contributed by atoms with Crippen LogP contribution in [0.4, 0.5) is 0 Å². The van der Waals surface area contributed by atoms with Gasteiger partial charge in [0.05, 0.1) is 0 Å². The van der Waals surface area contributed by atoms with Gasteiger partial charge in [-0.05, 0) is 13.3 Å². The van der Waals surface area contributed by atoms with Crippen molar-refractivity contribution >= 4 is 0 Å². The van der Waals surface area contributed by atoms with E-state index in [2.05, 4.69) is 24.4 Å². The predicted molar refractivity (Wildman–Crippen MR) is 37.8 cm³/mol. The number of hydrogen-bond donors (Lipinski definition) is 2. The summed E-state index contributed by atoms with van der Waals surface area (Å²) in [5, 5.41) is 2.11. The van der Waals surface area contributed by atoms with Gasteiger partial charge >= 0.3 is 0 Å². The van der Waals surface area contributed by atoms with Crippen molar-refractivity contribution in [2.45, 2.75) is 25.4 Å². The number of hydrazine groups is 1. The number of nitrogens with zero attached hydrogens (tertiary/aromatic N) is 1. The first-order valence-corrected chi connectivity index (χ1v) is 3.42. The van der Waals surface area contributed by atoms with E-state index in [9.17, 15) is 0 Å². The zero-order valence-corrected chi connectivity index (χ0v) is 6.09. The van der Waals surface area contributed by atoms with Crippen LogP contribution in [0.3, 0.4) is 0 Å². The third-order valence-corrected chi connectivity index (χ3v) is 1.91. The molecule has 1 fully saturated rings. The molecule has 3 N–H and O–H groups in total. The van der Waals surface area contributed by atoms with Crippen LogP contribution in [0.25, 0.3) is 0 Å². The van der Waals surface area contributed by atoms with Gasteiger partial charge in [0.1, 0.15) is 0 Å². The largest absolute Gasteiger partial charge is 0.326 e. The van der Waals surface area contributed by atoms with E-state index in [0.29, 0.717) is 12.1 Å². The van der Waals surface area contributed by atoms with Crippen molar-refractivity contribution in [3.8, 4) is 0 Å². The molecule has 1 aliphatic rings. The SMILES string of the molecule is CC1CC(N)CNN1C. The molecule has 1 saturated heterocycles. The second-order valence-electron chi connectivity index (χ2n) is 2.82. The summed E-state index contributed by atoms with van der Waals surface area (Å²) in [6.45, 7) is 3.09. The minimum Gasteiger partial charge on any atom is -0.326 e. The quantitative estimate of drug-likeness (QED) is 0.465. The first-order valence-electron chi connectivity index (χ1n) is 3.42. The highest BCUT2D eigenvalue weighted by Crippen LogP contribution is 2.05. The van der Waals surface area contributed by atoms with E-state index in [0.717, 1.165) is 13.0 Å². The summed E-state index contributed by atoms with van der Waals surface area (Å²) < 4.78 is 0. The summed E-state index contributed by atoms with van der Waals surface area (Å²) >= 11 is 0. The standard InChI is InChI=1S/C6H15N3/c1-5-3-6(7)4-8-9(5)2/h5-6,8H,3-4,7H2,1-2H3. The monoisotopic (exact) mass is 129 g/mol. The van der Waals surface area contributed by atoms with Crippen LogP contribution in [0.1, 0.15) is 13.3 Å². The van der Waals surface area contributed by atoms with Crippen LogP contribution < -0.4 is 11.2 Å². The summed E-state index contributed by atoms with van der Waals surface area (Å²) in [5.74, 6) is 0. The third kappa shape index (κ3) is 1.64. The average Bonchev–Trinajstić information content (AvgIpc) is 1.80.